The van der Waals surface area contributed by atoms with Gasteiger partial charge in [-0.3, -0.25) is 4.79 Å². The number of aryl methyl sites for hydroxylation is 2. The fourth-order valence-corrected chi connectivity index (χ4v) is 2.22. The summed E-state index contributed by atoms with van der Waals surface area (Å²) in [5.41, 5.74) is 1.80. The van der Waals surface area contributed by atoms with Crippen LogP contribution in [-0.2, 0) is 34.4 Å². The predicted octanol–water partition coefficient (Wildman–Crippen LogP) is 2.50. The lowest BCUT2D eigenvalue weighted by atomic mass is 10.0. The van der Waals surface area contributed by atoms with E-state index in [1.54, 1.807) is 0 Å². The minimum atomic E-state index is -0.852. The fraction of sp³-hybridized carbons (Fsp3) is 0.667. The van der Waals surface area contributed by atoms with Crippen LogP contribution in [0.1, 0.15) is 57.4 Å². The summed E-state index contributed by atoms with van der Waals surface area (Å²) >= 11 is 0. The van der Waals surface area contributed by atoms with E-state index in [4.69, 9.17) is 9.84 Å². The molecule has 5 nitrogen and oxygen atoms in total. The van der Waals surface area contributed by atoms with Gasteiger partial charge in [0.1, 0.15) is 5.60 Å². The third-order valence-corrected chi connectivity index (χ3v) is 3.22. The molecule has 1 heterocycles. The summed E-state index contributed by atoms with van der Waals surface area (Å²) in [6.45, 7) is 10.3. The van der Waals surface area contributed by atoms with Gasteiger partial charge in [0.15, 0.2) is 5.82 Å². The van der Waals surface area contributed by atoms with E-state index < -0.39 is 11.6 Å². The van der Waals surface area contributed by atoms with E-state index >= 15 is 0 Å². The summed E-state index contributed by atoms with van der Waals surface area (Å²) < 4.78 is 5.69. The molecule has 0 aliphatic rings. The van der Waals surface area contributed by atoms with Gasteiger partial charge in [-0.15, -0.1) is 0 Å². The molecule has 0 saturated carbocycles. The molecule has 1 aromatic heterocycles. The Morgan fingerprint density at radius 3 is 2.00 bits per heavy atom. The van der Waals surface area contributed by atoms with Crippen molar-refractivity contribution in [3.8, 4) is 0 Å². The summed E-state index contributed by atoms with van der Waals surface area (Å²) in [6.07, 6.45) is 1.35. The Bertz CT molecular complexity index is 459. The molecule has 0 atom stereocenters. The number of aromatic nitrogens is 2. The largest absolute Gasteiger partial charge is 0.481 e. The lowest BCUT2D eigenvalue weighted by Gasteiger charge is -2.25. The van der Waals surface area contributed by atoms with Crippen LogP contribution < -0.4 is 0 Å². The van der Waals surface area contributed by atoms with Crippen LogP contribution in [0.25, 0.3) is 0 Å². The van der Waals surface area contributed by atoms with Gasteiger partial charge in [0.05, 0.1) is 6.42 Å². The quantitative estimate of drug-likeness (QED) is 0.830. The molecule has 0 aliphatic carbocycles. The first-order valence-electron chi connectivity index (χ1n) is 7.10. The number of rotatable bonds is 7. The smallest absolute Gasteiger partial charge is 0.307 e. The van der Waals surface area contributed by atoms with Gasteiger partial charge >= 0.3 is 5.97 Å². The minimum Gasteiger partial charge on any atom is -0.481 e. The van der Waals surface area contributed by atoms with Crippen LogP contribution in [0.2, 0.25) is 0 Å². The van der Waals surface area contributed by atoms with Crippen molar-refractivity contribution in [1.29, 1.82) is 0 Å². The highest BCUT2D eigenvalue weighted by atomic mass is 16.5. The van der Waals surface area contributed by atoms with Crippen LogP contribution in [0, 0.1) is 0 Å². The molecule has 0 bridgehead atoms. The highest BCUT2D eigenvalue weighted by molar-refractivity contribution is 5.71. The molecule has 0 aromatic carbocycles. The Balaban J connectivity index is 3.35. The number of hydrogen-bond acceptors (Lipinski definition) is 4. The first-order valence-corrected chi connectivity index (χ1v) is 7.10. The molecule has 0 unspecified atom stereocenters. The van der Waals surface area contributed by atoms with E-state index in [-0.39, 0.29) is 6.42 Å². The van der Waals surface area contributed by atoms with Gasteiger partial charge < -0.3 is 9.84 Å². The van der Waals surface area contributed by atoms with Crippen molar-refractivity contribution in [1.82, 2.24) is 9.97 Å². The molecule has 0 aliphatic heterocycles. The van der Waals surface area contributed by atoms with Crippen LogP contribution in [-0.4, -0.2) is 27.7 Å². The van der Waals surface area contributed by atoms with Gasteiger partial charge in [-0.25, -0.2) is 9.97 Å². The number of carboxylic acids is 1. The van der Waals surface area contributed by atoms with Crippen molar-refractivity contribution in [2.24, 2.45) is 0 Å². The van der Waals surface area contributed by atoms with Crippen LogP contribution in [0.3, 0.4) is 0 Å². The zero-order valence-corrected chi connectivity index (χ0v) is 13.0. The van der Waals surface area contributed by atoms with Crippen molar-refractivity contribution in [3.05, 3.63) is 22.8 Å². The maximum atomic E-state index is 11.0. The van der Waals surface area contributed by atoms with E-state index in [0.717, 1.165) is 17.0 Å². The molecule has 1 rings (SSSR count). The maximum absolute atomic E-state index is 11.0. The van der Waals surface area contributed by atoms with Gasteiger partial charge in [0, 0.05) is 23.6 Å². The number of hydrogen-bond donors (Lipinski definition) is 1. The normalized spacial score (nSPS) is 11.7. The number of carbonyl (C=O) groups is 1. The summed E-state index contributed by atoms with van der Waals surface area (Å²) in [6, 6.07) is 0. The van der Waals surface area contributed by atoms with Crippen molar-refractivity contribution < 1.29 is 14.6 Å². The van der Waals surface area contributed by atoms with Crippen LogP contribution in [0.15, 0.2) is 0 Å². The van der Waals surface area contributed by atoms with Crippen molar-refractivity contribution >= 4 is 5.97 Å². The summed E-state index contributed by atoms with van der Waals surface area (Å²) in [5, 5.41) is 9.04. The number of carboxylic acid groups (broad SMARTS) is 1. The van der Waals surface area contributed by atoms with E-state index in [2.05, 4.69) is 9.97 Å². The lowest BCUT2D eigenvalue weighted by molar-refractivity contribution is -0.136. The van der Waals surface area contributed by atoms with E-state index in [9.17, 15) is 4.79 Å². The molecule has 0 amide bonds. The second-order valence-electron chi connectivity index (χ2n) is 5.14. The van der Waals surface area contributed by atoms with Gasteiger partial charge in [0.25, 0.3) is 0 Å². The molecular formula is C15H24N2O3. The monoisotopic (exact) mass is 280 g/mol. The second-order valence-corrected chi connectivity index (χ2v) is 5.14. The molecule has 0 fully saturated rings. The first-order chi connectivity index (χ1) is 9.35. The Morgan fingerprint density at radius 1 is 1.15 bits per heavy atom. The molecule has 20 heavy (non-hydrogen) atoms. The Hall–Kier alpha value is -1.49. The second kappa shape index (κ2) is 6.79. The van der Waals surface area contributed by atoms with E-state index in [1.807, 2.05) is 34.6 Å². The highest BCUT2D eigenvalue weighted by Crippen LogP contribution is 2.24. The third kappa shape index (κ3) is 3.76. The maximum Gasteiger partial charge on any atom is 0.307 e. The SMILES string of the molecule is CCOC(C)(C)c1nc(CC)c(CC(=O)O)c(CC)n1. The average molecular weight is 280 g/mol. The highest BCUT2D eigenvalue weighted by Gasteiger charge is 2.27. The lowest BCUT2D eigenvalue weighted by Crippen LogP contribution is -2.27. The van der Waals surface area contributed by atoms with Gasteiger partial charge in [-0.05, 0) is 33.6 Å². The van der Waals surface area contributed by atoms with Crippen molar-refractivity contribution in [2.45, 2.75) is 59.5 Å². The molecule has 1 N–H and O–H groups in total. The molecule has 0 saturated heterocycles. The van der Waals surface area contributed by atoms with Gasteiger partial charge in [-0.2, -0.15) is 0 Å². The minimum absolute atomic E-state index is 0.0261. The number of nitrogens with zero attached hydrogens (tertiary/aromatic N) is 2. The number of ether oxygens (including phenoxy) is 1. The van der Waals surface area contributed by atoms with Gasteiger partial charge in [0.2, 0.25) is 0 Å². The molecule has 0 radical (unpaired) electrons. The first kappa shape index (κ1) is 16.6. The molecule has 1 aromatic rings. The standard InChI is InChI=1S/C15H24N2O3/c1-6-11-10(9-13(18)19)12(7-2)17-14(16-11)15(4,5)20-8-3/h6-9H2,1-5H3,(H,18,19). The van der Waals surface area contributed by atoms with Gasteiger partial charge in [-0.1, -0.05) is 13.8 Å². The number of aliphatic carboxylic acids is 1. The average Bonchev–Trinajstić information content (AvgIpc) is 2.37. The molecular weight excluding hydrogens is 256 g/mol. The van der Waals surface area contributed by atoms with E-state index in [1.165, 1.54) is 0 Å². The molecule has 112 valence electrons. The zero-order chi connectivity index (χ0) is 15.3. The zero-order valence-electron chi connectivity index (χ0n) is 13.0. The Kier molecular flexibility index (Phi) is 5.62. The van der Waals surface area contributed by atoms with Crippen LogP contribution >= 0.6 is 0 Å². The fourth-order valence-electron chi connectivity index (χ4n) is 2.22. The van der Waals surface area contributed by atoms with Crippen molar-refractivity contribution in [3.63, 3.8) is 0 Å². The molecule has 5 heteroatoms. The summed E-state index contributed by atoms with van der Waals surface area (Å²) in [5.74, 6) is -0.225. The van der Waals surface area contributed by atoms with Crippen LogP contribution in [0.5, 0.6) is 0 Å². The third-order valence-electron chi connectivity index (χ3n) is 3.22. The predicted molar refractivity (Wildman–Crippen MR) is 76.8 cm³/mol. The summed E-state index contributed by atoms with van der Waals surface area (Å²) in [7, 11) is 0. The molecule has 0 spiro atoms. The topological polar surface area (TPSA) is 72.3 Å². The Labute approximate surface area is 120 Å². The Morgan fingerprint density at radius 2 is 1.65 bits per heavy atom. The van der Waals surface area contributed by atoms with E-state index in [0.29, 0.717) is 25.3 Å². The van der Waals surface area contributed by atoms with Crippen LogP contribution in [0.4, 0.5) is 0 Å². The summed E-state index contributed by atoms with van der Waals surface area (Å²) in [4.78, 5) is 20.1. The van der Waals surface area contributed by atoms with Crippen molar-refractivity contribution in [2.75, 3.05) is 6.61 Å².